The number of aromatic nitrogens is 1. The normalized spacial score (nSPS) is 24.5. The van der Waals surface area contributed by atoms with Gasteiger partial charge in [-0.25, -0.2) is 4.98 Å². The number of carbonyl (C=O) groups is 1. The summed E-state index contributed by atoms with van der Waals surface area (Å²) in [6.45, 7) is 1.97. The molecule has 92 valence electrons. The SMILES string of the molecule is Cc1ccnc(N)c1C1CCCCC1C(=O)O. The van der Waals surface area contributed by atoms with E-state index in [1.807, 2.05) is 13.0 Å². The summed E-state index contributed by atoms with van der Waals surface area (Å²) in [6.07, 6.45) is 5.38. The highest BCUT2D eigenvalue weighted by atomic mass is 16.4. The van der Waals surface area contributed by atoms with Crippen LogP contribution in [0.1, 0.15) is 42.7 Å². The van der Waals surface area contributed by atoms with E-state index in [2.05, 4.69) is 4.98 Å². The topological polar surface area (TPSA) is 76.2 Å². The zero-order valence-corrected chi connectivity index (χ0v) is 10.0. The average Bonchev–Trinajstić information content (AvgIpc) is 2.29. The lowest BCUT2D eigenvalue weighted by Crippen LogP contribution is -2.26. The van der Waals surface area contributed by atoms with Gasteiger partial charge in [-0.05, 0) is 31.4 Å². The highest BCUT2D eigenvalue weighted by molar-refractivity contribution is 5.72. The van der Waals surface area contributed by atoms with Gasteiger partial charge in [0.25, 0.3) is 0 Å². The first kappa shape index (κ1) is 11.9. The van der Waals surface area contributed by atoms with Gasteiger partial charge >= 0.3 is 5.97 Å². The van der Waals surface area contributed by atoms with Crippen LogP contribution < -0.4 is 5.73 Å². The molecule has 1 aromatic rings. The van der Waals surface area contributed by atoms with Gasteiger partial charge in [0.2, 0.25) is 0 Å². The molecule has 1 saturated carbocycles. The number of pyridine rings is 1. The Kier molecular flexibility index (Phi) is 3.31. The zero-order valence-electron chi connectivity index (χ0n) is 10.0. The van der Waals surface area contributed by atoms with Crippen molar-refractivity contribution in [1.82, 2.24) is 4.98 Å². The fourth-order valence-electron chi connectivity index (χ4n) is 2.85. The summed E-state index contributed by atoms with van der Waals surface area (Å²) in [5, 5.41) is 9.29. The van der Waals surface area contributed by atoms with Crippen molar-refractivity contribution >= 4 is 11.8 Å². The number of nitrogens with zero attached hydrogens (tertiary/aromatic N) is 1. The first-order valence-electron chi connectivity index (χ1n) is 6.05. The molecule has 1 aliphatic rings. The van der Waals surface area contributed by atoms with Gasteiger partial charge in [-0.1, -0.05) is 12.8 Å². The lowest BCUT2D eigenvalue weighted by atomic mass is 9.74. The molecule has 1 aliphatic carbocycles. The van der Waals surface area contributed by atoms with E-state index in [0.717, 1.165) is 36.8 Å². The maximum Gasteiger partial charge on any atom is 0.307 e. The van der Waals surface area contributed by atoms with Crippen molar-refractivity contribution in [3.8, 4) is 0 Å². The van der Waals surface area contributed by atoms with Crippen molar-refractivity contribution in [3.05, 3.63) is 23.4 Å². The summed E-state index contributed by atoms with van der Waals surface area (Å²) in [4.78, 5) is 15.4. The molecule has 1 heterocycles. The fraction of sp³-hybridized carbons (Fsp3) is 0.538. The summed E-state index contributed by atoms with van der Waals surface area (Å²) in [5.74, 6) is -0.510. The lowest BCUT2D eigenvalue weighted by Gasteiger charge is -2.30. The maximum atomic E-state index is 11.3. The molecule has 3 N–H and O–H groups in total. The number of anilines is 1. The van der Waals surface area contributed by atoms with Gasteiger partial charge in [0.15, 0.2) is 0 Å². The van der Waals surface area contributed by atoms with E-state index in [9.17, 15) is 9.90 Å². The van der Waals surface area contributed by atoms with Crippen LogP contribution in [-0.4, -0.2) is 16.1 Å². The van der Waals surface area contributed by atoms with E-state index in [1.165, 1.54) is 0 Å². The number of rotatable bonds is 2. The van der Waals surface area contributed by atoms with Gasteiger partial charge in [-0.3, -0.25) is 4.79 Å². The molecule has 0 radical (unpaired) electrons. The van der Waals surface area contributed by atoms with Crippen LogP contribution in [0.15, 0.2) is 12.3 Å². The molecule has 0 aromatic carbocycles. The Morgan fingerprint density at radius 1 is 1.47 bits per heavy atom. The van der Waals surface area contributed by atoms with E-state index >= 15 is 0 Å². The summed E-state index contributed by atoms with van der Waals surface area (Å²) >= 11 is 0. The minimum Gasteiger partial charge on any atom is -0.481 e. The molecule has 4 nitrogen and oxygen atoms in total. The Morgan fingerprint density at radius 2 is 2.18 bits per heavy atom. The number of nitrogens with two attached hydrogens (primary N) is 1. The molecule has 0 amide bonds. The molecule has 0 saturated heterocycles. The number of hydrogen-bond acceptors (Lipinski definition) is 3. The van der Waals surface area contributed by atoms with Crippen LogP contribution in [0.2, 0.25) is 0 Å². The van der Waals surface area contributed by atoms with Crippen LogP contribution in [0.4, 0.5) is 5.82 Å². The summed E-state index contributed by atoms with van der Waals surface area (Å²) < 4.78 is 0. The average molecular weight is 234 g/mol. The van der Waals surface area contributed by atoms with Crippen molar-refractivity contribution in [3.63, 3.8) is 0 Å². The lowest BCUT2D eigenvalue weighted by molar-refractivity contribution is -0.143. The van der Waals surface area contributed by atoms with Crippen LogP contribution >= 0.6 is 0 Å². The van der Waals surface area contributed by atoms with Crippen molar-refractivity contribution < 1.29 is 9.90 Å². The van der Waals surface area contributed by atoms with Crippen molar-refractivity contribution in [2.75, 3.05) is 5.73 Å². The minimum atomic E-state index is -0.711. The second-order valence-electron chi connectivity index (χ2n) is 4.76. The van der Waals surface area contributed by atoms with E-state index in [-0.39, 0.29) is 11.8 Å². The third-order valence-electron chi connectivity index (χ3n) is 3.69. The van der Waals surface area contributed by atoms with Gasteiger partial charge < -0.3 is 10.8 Å². The molecule has 1 aromatic heterocycles. The van der Waals surface area contributed by atoms with Crippen molar-refractivity contribution in [2.45, 2.75) is 38.5 Å². The van der Waals surface area contributed by atoms with Crippen LogP contribution in [-0.2, 0) is 4.79 Å². The quantitative estimate of drug-likeness (QED) is 0.823. The largest absolute Gasteiger partial charge is 0.481 e. The number of carboxylic acids is 1. The molecular formula is C13H18N2O2. The third-order valence-corrected chi connectivity index (χ3v) is 3.69. The molecule has 1 fully saturated rings. The van der Waals surface area contributed by atoms with E-state index in [4.69, 9.17) is 5.73 Å². The Morgan fingerprint density at radius 3 is 2.82 bits per heavy atom. The van der Waals surface area contributed by atoms with E-state index in [0.29, 0.717) is 5.82 Å². The standard InChI is InChI=1S/C13H18N2O2/c1-8-6-7-15-12(14)11(8)9-4-2-3-5-10(9)13(16)17/h6-7,9-10H,2-5H2,1H3,(H2,14,15)(H,16,17). The van der Waals surface area contributed by atoms with Crippen molar-refractivity contribution in [1.29, 1.82) is 0 Å². The molecule has 4 heteroatoms. The minimum absolute atomic E-state index is 0.0231. The Balaban J connectivity index is 2.39. The first-order valence-corrected chi connectivity index (χ1v) is 6.05. The molecule has 2 unspecified atom stereocenters. The Hall–Kier alpha value is -1.58. The monoisotopic (exact) mass is 234 g/mol. The molecular weight excluding hydrogens is 216 g/mol. The molecule has 0 spiro atoms. The van der Waals surface area contributed by atoms with E-state index in [1.54, 1.807) is 6.20 Å². The van der Waals surface area contributed by atoms with Gasteiger partial charge in [-0.2, -0.15) is 0 Å². The summed E-state index contributed by atoms with van der Waals surface area (Å²) in [6, 6.07) is 1.90. The Bertz CT molecular complexity index is 411. The van der Waals surface area contributed by atoms with Gasteiger partial charge in [0, 0.05) is 17.7 Å². The van der Waals surface area contributed by atoms with Crippen LogP contribution in [0.5, 0.6) is 0 Å². The number of aliphatic carboxylic acids is 1. The van der Waals surface area contributed by atoms with Gasteiger partial charge in [-0.15, -0.1) is 0 Å². The summed E-state index contributed by atoms with van der Waals surface area (Å²) in [7, 11) is 0. The number of hydrogen-bond donors (Lipinski definition) is 2. The molecule has 2 atom stereocenters. The fourth-order valence-corrected chi connectivity index (χ4v) is 2.85. The van der Waals surface area contributed by atoms with Crippen LogP contribution in [0.3, 0.4) is 0 Å². The van der Waals surface area contributed by atoms with Crippen LogP contribution in [0.25, 0.3) is 0 Å². The second kappa shape index (κ2) is 4.73. The molecule has 0 aliphatic heterocycles. The Labute approximate surface area is 101 Å². The highest BCUT2D eigenvalue weighted by Crippen LogP contribution is 2.40. The molecule has 17 heavy (non-hydrogen) atoms. The zero-order chi connectivity index (χ0) is 12.4. The predicted molar refractivity (Wildman–Crippen MR) is 65.7 cm³/mol. The number of aryl methyl sites for hydroxylation is 1. The molecule has 0 bridgehead atoms. The smallest absolute Gasteiger partial charge is 0.307 e. The highest BCUT2D eigenvalue weighted by Gasteiger charge is 2.33. The number of carboxylic acid groups (broad SMARTS) is 1. The number of nitrogen functional groups attached to an aromatic ring is 1. The molecule has 2 rings (SSSR count). The summed E-state index contributed by atoms with van der Waals surface area (Å²) in [5.41, 5.74) is 7.91. The first-order chi connectivity index (χ1) is 8.11. The maximum absolute atomic E-state index is 11.3. The van der Waals surface area contributed by atoms with E-state index < -0.39 is 5.97 Å². The van der Waals surface area contributed by atoms with Gasteiger partial charge in [0.1, 0.15) is 5.82 Å². The third kappa shape index (κ3) is 2.25. The second-order valence-corrected chi connectivity index (χ2v) is 4.76. The van der Waals surface area contributed by atoms with Crippen molar-refractivity contribution in [2.24, 2.45) is 5.92 Å². The predicted octanol–water partition coefficient (Wildman–Crippen LogP) is 2.33. The van der Waals surface area contributed by atoms with Crippen LogP contribution in [0, 0.1) is 12.8 Å². The van der Waals surface area contributed by atoms with Gasteiger partial charge in [0.05, 0.1) is 5.92 Å².